The summed E-state index contributed by atoms with van der Waals surface area (Å²) in [6.07, 6.45) is 5.85. The largest absolute Gasteiger partial charge is 0.478 e. The lowest BCUT2D eigenvalue weighted by Crippen LogP contribution is -2.21. The van der Waals surface area contributed by atoms with Crippen LogP contribution in [0.2, 0.25) is 0 Å². The molecule has 20 heavy (non-hydrogen) atoms. The van der Waals surface area contributed by atoms with Crippen molar-refractivity contribution in [2.75, 3.05) is 0 Å². The maximum Gasteiger partial charge on any atom is 0.328 e. The molecule has 0 saturated heterocycles. The van der Waals surface area contributed by atoms with Crippen LogP contribution in [-0.2, 0) is 11.3 Å². The summed E-state index contributed by atoms with van der Waals surface area (Å²) in [5.41, 5.74) is 0.968. The first-order valence-corrected chi connectivity index (χ1v) is 6.65. The fourth-order valence-corrected chi connectivity index (χ4v) is 2.32. The van der Waals surface area contributed by atoms with Crippen molar-refractivity contribution in [2.45, 2.75) is 6.54 Å². The zero-order chi connectivity index (χ0) is 14.4. The Hall–Kier alpha value is -2.47. The van der Waals surface area contributed by atoms with Crippen molar-refractivity contribution in [3.63, 3.8) is 0 Å². The van der Waals surface area contributed by atoms with E-state index in [1.807, 2.05) is 12.1 Å². The molecule has 2 rings (SSSR count). The van der Waals surface area contributed by atoms with Gasteiger partial charge in [-0.2, -0.15) is 0 Å². The van der Waals surface area contributed by atoms with Crippen molar-refractivity contribution in [2.24, 2.45) is 0 Å². The van der Waals surface area contributed by atoms with E-state index in [-0.39, 0.29) is 5.91 Å². The summed E-state index contributed by atoms with van der Waals surface area (Å²) in [6.45, 7) is 0.430. The molecule has 6 heteroatoms. The van der Waals surface area contributed by atoms with Gasteiger partial charge >= 0.3 is 5.97 Å². The van der Waals surface area contributed by atoms with Crippen molar-refractivity contribution in [3.05, 3.63) is 58.1 Å². The fourth-order valence-electron chi connectivity index (χ4n) is 1.49. The summed E-state index contributed by atoms with van der Waals surface area (Å²) >= 11 is 1.24. The number of thiophene rings is 1. The molecular formula is C14H12N2O3S. The normalized spacial score (nSPS) is 10.6. The highest BCUT2D eigenvalue weighted by Crippen LogP contribution is 2.18. The number of carboxylic acid groups (broad SMARTS) is 1. The molecule has 0 aliphatic heterocycles. The second-order valence-corrected chi connectivity index (χ2v) is 5.03. The smallest absolute Gasteiger partial charge is 0.328 e. The molecule has 0 spiro atoms. The van der Waals surface area contributed by atoms with Gasteiger partial charge in [0.15, 0.2) is 0 Å². The second kappa shape index (κ2) is 6.63. The summed E-state index contributed by atoms with van der Waals surface area (Å²) in [7, 11) is 0. The van der Waals surface area contributed by atoms with E-state index < -0.39 is 5.97 Å². The lowest BCUT2D eigenvalue weighted by atomic mass is 10.2. The molecule has 0 aliphatic carbocycles. The van der Waals surface area contributed by atoms with Crippen LogP contribution in [0.5, 0.6) is 0 Å². The number of amides is 1. The first-order chi connectivity index (χ1) is 9.65. The predicted octanol–water partition coefficient (Wildman–Crippen LogP) is 2.17. The van der Waals surface area contributed by atoms with Gasteiger partial charge in [-0.3, -0.25) is 9.78 Å². The Labute approximate surface area is 119 Å². The standard InChI is InChI=1S/C14H12N2O3S/c17-13(18)4-2-11-1-3-12(20-11)14(19)16-9-10-5-7-15-8-6-10/h1-8H,9H2,(H,16,19)(H,17,18). The molecule has 0 saturated carbocycles. The number of rotatable bonds is 5. The fraction of sp³-hybridized carbons (Fsp3) is 0.0714. The third kappa shape index (κ3) is 4.03. The molecule has 0 atom stereocenters. The van der Waals surface area contributed by atoms with Gasteiger partial charge in [0.25, 0.3) is 5.91 Å². The van der Waals surface area contributed by atoms with Gasteiger partial charge in [0.2, 0.25) is 0 Å². The number of pyridine rings is 1. The van der Waals surface area contributed by atoms with E-state index in [0.29, 0.717) is 11.4 Å². The summed E-state index contributed by atoms with van der Waals surface area (Å²) < 4.78 is 0. The van der Waals surface area contributed by atoms with Crippen LogP contribution < -0.4 is 5.32 Å². The maximum absolute atomic E-state index is 11.9. The first-order valence-electron chi connectivity index (χ1n) is 5.83. The molecular weight excluding hydrogens is 276 g/mol. The third-order valence-corrected chi connectivity index (χ3v) is 3.49. The Balaban J connectivity index is 1.94. The van der Waals surface area contributed by atoms with Gasteiger partial charge in [0.1, 0.15) is 0 Å². The van der Waals surface area contributed by atoms with Crippen molar-refractivity contribution in [1.29, 1.82) is 0 Å². The van der Waals surface area contributed by atoms with Gasteiger partial charge in [-0.25, -0.2) is 4.79 Å². The molecule has 2 aromatic heterocycles. The van der Waals surface area contributed by atoms with E-state index in [9.17, 15) is 9.59 Å². The summed E-state index contributed by atoms with van der Waals surface area (Å²) in [4.78, 5) is 27.5. The Kier molecular flexibility index (Phi) is 4.62. The van der Waals surface area contributed by atoms with E-state index in [1.165, 1.54) is 17.4 Å². The lowest BCUT2D eigenvalue weighted by Gasteiger charge is -2.02. The number of aliphatic carboxylic acids is 1. The lowest BCUT2D eigenvalue weighted by molar-refractivity contribution is -0.131. The topological polar surface area (TPSA) is 79.3 Å². The second-order valence-electron chi connectivity index (χ2n) is 3.91. The highest BCUT2D eigenvalue weighted by atomic mass is 32.1. The van der Waals surface area contributed by atoms with Gasteiger partial charge in [-0.05, 0) is 35.9 Å². The Morgan fingerprint density at radius 3 is 2.70 bits per heavy atom. The summed E-state index contributed by atoms with van der Waals surface area (Å²) in [5, 5.41) is 11.3. The number of aromatic nitrogens is 1. The molecule has 0 radical (unpaired) electrons. The molecule has 102 valence electrons. The average Bonchev–Trinajstić information content (AvgIpc) is 2.92. The van der Waals surface area contributed by atoms with Crippen LogP contribution >= 0.6 is 11.3 Å². The molecule has 2 aromatic rings. The number of carbonyl (C=O) groups excluding carboxylic acids is 1. The van der Waals surface area contributed by atoms with E-state index in [1.54, 1.807) is 24.5 Å². The average molecular weight is 288 g/mol. The number of nitrogens with one attached hydrogen (secondary N) is 1. The van der Waals surface area contributed by atoms with E-state index in [4.69, 9.17) is 5.11 Å². The van der Waals surface area contributed by atoms with Gasteiger partial charge in [-0.15, -0.1) is 11.3 Å². The number of carboxylic acids is 1. The third-order valence-electron chi connectivity index (χ3n) is 2.44. The molecule has 0 aliphatic rings. The molecule has 0 fully saturated rings. The Bertz CT molecular complexity index is 635. The quantitative estimate of drug-likeness (QED) is 0.826. The molecule has 5 nitrogen and oxygen atoms in total. The van der Waals surface area contributed by atoms with Crippen molar-refractivity contribution < 1.29 is 14.7 Å². The van der Waals surface area contributed by atoms with Crippen LogP contribution in [0.1, 0.15) is 20.1 Å². The SMILES string of the molecule is O=C(O)C=Cc1ccc(C(=O)NCc2ccncc2)s1. The predicted molar refractivity (Wildman–Crippen MR) is 76.4 cm³/mol. The zero-order valence-corrected chi connectivity index (χ0v) is 11.3. The van der Waals surface area contributed by atoms with Crippen molar-refractivity contribution in [1.82, 2.24) is 10.3 Å². The highest BCUT2D eigenvalue weighted by Gasteiger charge is 2.08. The minimum Gasteiger partial charge on any atom is -0.478 e. The van der Waals surface area contributed by atoms with Gasteiger partial charge in [0.05, 0.1) is 4.88 Å². The van der Waals surface area contributed by atoms with Crippen LogP contribution in [-0.4, -0.2) is 22.0 Å². The van der Waals surface area contributed by atoms with E-state index >= 15 is 0 Å². The number of carbonyl (C=O) groups is 2. The van der Waals surface area contributed by atoms with Crippen LogP contribution in [0, 0.1) is 0 Å². The number of nitrogens with zero attached hydrogens (tertiary/aromatic N) is 1. The molecule has 0 aromatic carbocycles. The van der Waals surface area contributed by atoms with Crippen LogP contribution in [0.15, 0.2) is 42.7 Å². The molecule has 2 N–H and O–H groups in total. The van der Waals surface area contributed by atoms with E-state index in [0.717, 1.165) is 16.5 Å². The first kappa shape index (κ1) is 14.0. The minimum absolute atomic E-state index is 0.179. The maximum atomic E-state index is 11.9. The van der Waals surface area contributed by atoms with Crippen LogP contribution in [0.25, 0.3) is 6.08 Å². The monoisotopic (exact) mass is 288 g/mol. The number of hydrogen-bond donors (Lipinski definition) is 2. The van der Waals surface area contributed by atoms with Crippen molar-refractivity contribution in [3.8, 4) is 0 Å². The van der Waals surface area contributed by atoms with Crippen LogP contribution in [0.3, 0.4) is 0 Å². The van der Waals surface area contributed by atoms with Crippen molar-refractivity contribution >= 4 is 29.3 Å². The van der Waals surface area contributed by atoms with E-state index in [2.05, 4.69) is 10.3 Å². The molecule has 1 amide bonds. The van der Waals surface area contributed by atoms with Gasteiger partial charge in [0, 0.05) is 29.9 Å². The Morgan fingerprint density at radius 2 is 2.00 bits per heavy atom. The molecule has 0 unspecified atom stereocenters. The van der Waals surface area contributed by atoms with Gasteiger partial charge < -0.3 is 10.4 Å². The molecule has 0 bridgehead atoms. The zero-order valence-electron chi connectivity index (χ0n) is 10.4. The van der Waals surface area contributed by atoms with Crippen LogP contribution in [0.4, 0.5) is 0 Å². The number of hydrogen-bond acceptors (Lipinski definition) is 4. The highest BCUT2D eigenvalue weighted by molar-refractivity contribution is 7.14. The molecule has 2 heterocycles. The summed E-state index contributed by atoms with van der Waals surface area (Å²) in [6, 6.07) is 7.05. The Morgan fingerprint density at radius 1 is 1.25 bits per heavy atom. The summed E-state index contributed by atoms with van der Waals surface area (Å²) in [5.74, 6) is -1.19. The minimum atomic E-state index is -1.01. The van der Waals surface area contributed by atoms with Gasteiger partial charge in [-0.1, -0.05) is 0 Å².